The third-order valence-corrected chi connectivity index (χ3v) is 5.44. The van der Waals surface area contributed by atoms with Gasteiger partial charge in [0.25, 0.3) is 5.91 Å². The van der Waals surface area contributed by atoms with Gasteiger partial charge in [0.05, 0.1) is 19.4 Å². The van der Waals surface area contributed by atoms with E-state index in [0.29, 0.717) is 31.2 Å². The molecule has 1 N–H and O–H groups in total. The molecule has 0 bridgehead atoms. The van der Waals surface area contributed by atoms with Gasteiger partial charge in [0, 0.05) is 57.6 Å². The molecule has 1 aliphatic carbocycles. The molecular weight excluding hydrogens is 358 g/mol. The molecule has 1 saturated heterocycles. The maximum atomic E-state index is 12.9. The van der Waals surface area contributed by atoms with Crippen molar-refractivity contribution in [3.05, 3.63) is 24.3 Å². The molecule has 28 heavy (non-hydrogen) atoms. The van der Waals surface area contributed by atoms with Gasteiger partial charge in [-0.2, -0.15) is 0 Å². The molecule has 8 heteroatoms. The third kappa shape index (κ3) is 6.53. The molecule has 154 valence electrons. The highest BCUT2D eigenvalue weighted by molar-refractivity contribution is 5.92. The zero-order valence-corrected chi connectivity index (χ0v) is 16.5. The summed E-state index contributed by atoms with van der Waals surface area (Å²) in [6.45, 7) is 4.90. The Balaban J connectivity index is 1.53. The van der Waals surface area contributed by atoms with E-state index in [-0.39, 0.29) is 11.8 Å². The van der Waals surface area contributed by atoms with Crippen molar-refractivity contribution < 1.29 is 14.3 Å². The Morgan fingerprint density at radius 3 is 2.64 bits per heavy atom. The zero-order chi connectivity index (χ0) is 19.6. The van der Waals surface area contributed by atoms with Crippen LogP contribution < -0.4 is 5.32 Å². The number of nitrogens with zero attached hydrogens (tertiary/aromatic N) is 4. The summed E-state index contributed by atoms with van der Waals surface area (Å²) in [7, 11) is 0. The summed E-state index contributed by atoms with van der Waals surface area (Å²) < 4.78 is 5.38. The molecular formula is C20H31N5O3. The second-order valence-electron chi connectivity index (χ2n) is 7.49. The van der Waals surface area contributed by atoms with Gasteiger partial charge < -0.3 is 15.0 Å². The maximum absolute atomic E-state index is 12.9. The minimum absolute atomic E-state index is 0.0234. The predicted molar refractivity (Wildman–Crippen MR) is 105 cm³/mol. The summed E-state index contributed by atoms with van der Waals surface area (Å²) in [5.41, 5.74) is 0.317. The Kier molecular flexibility index (Phi) is 8.17. The first kappa shape index (κ1) is 20.7. The van der Waals surface area contributed by atoms with Gasteiger partial charge in [-0.1, -0.05) is 19.3 Å². The number of ether oxygens (including phenoxy) is 1. The molecule has 2 heterocycles. The number of carbonyl (C=O) groups is 2. The van der Waals surface area contributed by atoms with Gasteiger partial charge in [-0.15, -0.1) is 0 Å². The van der Waals surface area contributed by atoms with Crippen LogP contribution in [0, 0.1) is 0 Å². The first-order valence-corrected chi connectivity index (χ1v) is 10.4. The van der Waals surface area contributed by atoms with E-state index >= 15 is 0 Å². The monoisotopic (exact) mass is 389 g/mol. The quantitative estimate of drug-likeness (QED) is 0.716. The molecule has 3 rings (SSSR count). The summed E-state index contributed by atoms with van der Waals surface area (Å²) in [5, 5.41) is 3.13. The summed E-state index contributed by atoms with van der Waals surface area (Å²) in [6, 6.07) is 0.291. The Morgan fingerprint density at radius 2 is 1.93 bits per heavy atom. The fourth-order valence-electron chi connectivity index (χ4n) is 3.76. The van der Waals surface area contributed by atoms with Crippen molar-refractivity contribution in [2.75, 3.05) is 45.9 Å². The minimum atomic E-state index is -0.174. The van der Waals surface area contributed by atoms with Crippen LogP contribution in [0.4, 0.5) is 0 Å². The molecule has 1 aliphatic heterocycles. The lowest BCUT2D eigenvalue weighted by Crippen LogP contribution is -2.44. The largest absolute Gasteiger partial charge is 0.379 e. The molecule has 2 fully saturated rings. The Hall–Kier alpha value is -2.06. The van der Waals surface area contributed by atoms with E-state index < -0.39 is 0 Å². The van der Waals surface area contributed by atoms with Crippen molar-refractivity contribution in [3.8, 4) is 0 Å². The molecule has 0 atom stereocenters. The van der Waals surface area contributed by atoms with Gasteiger partial charge in [0.15, 0.2) is 0 Å². The topological polar surface area (TPSA) is 87.7 Å². The van der Waals surface area contributed by atoms with Crippen molar-refractivity contribution in [1.82, 2.24) is 25.1 Å². The number of carbonyl (C=O) groups excluding carboxylic acids is 2. The SMILES string of the molecule is O=C(CCN(CCN1CCOCC1)C(=O)c1cnccn1)NC1CCCCC1. The van der Waals surface area contributed by atoms with Crippen LogP contribution in [0.25, 0.3) is 0 Å². The molecule has 2 aliphatic rings. The molecule has 1 aromatic heterocycles. The van der Waals surface area contributed by atoms with Crippen LogP contribution >= 0.6 is 0 Å². The van der Waals surface area contributed by atoms with Gasteiger partial charge in [-0.05, 0) is 12.8 Å². The van der Waals surface area contributed by atoms with E-state index in [4.69, 9.17) is 4.74 Å². The zero-order valence-electron chi connectivity index (χ0n) is 16.5. The number of hydrogen-bond acceptors (Lipinski definition) is 6. The van der Waals surface area contributed by atoms with Crippen molar-refractivity contribution in [2.24, 2.45) is 0 Å². The highest BCUT2D eigenvalue weighted by Crippen LogP contribution is 2.17. The average Bonchev–Trinajstić information content (AvgIpc) is 2.75. The van der Waals surface area contributed by atoms with Crippen molar-refractivity contribution >= 4 is 11.8 Å². The van der Waals surface area contributed by atoms with Crippen LogP contribution in [0.5, 0.6) is 0 Å². The highest BCUT2D eigenvalue weighted by Gasteiger charge is 2.21. The van der Waals surface area contributed by atoms with Gasteiger partial charge in [0.1, 0.15) is 5.69 Å². The second-order valence-corrected chi connectivity index (χ2v) is 7.49. The number of morpholine rings is 1. The van der Waals surface area contributed by atoms with E-state index in [9.17, 15) is 9.59 Å². The van der Waals surface area contributed by atoms with E-state index in [1.807, 2.05) is 0 Å². The summed E-state index contributed by atoms with van der Waals surface area (Å²) in [4.78, 5) is 37.4. The average molecular weight is 390 g/mol. The van der Waals surface area contributed by atoms with Crippen LogP contribution in [0.15, 0.2) is 18.6 Å². The lowest BCUT2D eigenvalue weighted by Gasteiger charge is -2.30. The lowest BCUT2D eigenvalue weighted by molar-refractivity contribution is -0.122. The van der Waals surface area contributed by atoms with Crippen molar-refractivity contribution in [2.45, 2.75) is 44.6 Å². The predicted octanol–water partition coefficient (Wildman–Crippen LogP) is 1.09. The lowest BCUT2D eigenvalue weighted by atomic mass is 9.95. The molecule has 0 aromatic carbocycles. The van der Waals surface area contributed by atoms with Crippen LogP contribution in [0.1, 0.15) is 49.0 Å². The first-order chi connectivity index (χ1) is 13.7. The first-order valence-electron chi connectivity index (χ1n) is 10.4. The van der Waals surface area contributed by atoms with Gasteiger partial charge in [-0.3, -0.25) is 19.5 Å². The van der Waals surface area contributed by atoms with Crippen LogP contribution in [0.2, 0.25) is 0 Å². The van der Waals surface area contributed by atoms with Crippen LogP contribution in [-0.2, 0) is 9.53 Å². The molecule has 2 amide bonds. The van der Waals surface area contributed by atoms with Crippen LogP contribution in [0.3, 0.4) is 0 Å². The molecule has 1 saturated carbocycles. The van der Waals surface area contributed by atoms with Gasteiger partial charge in [-0.25, -0.2) is 4.98 Å². The number of amides is 2. The van der Waals surface area contributed by atoms with Crippen molar-refractivity contribution in [1.29, 1.82) is 0 Å². The number of hydrogen-bond donors (Lipinski definition) is 1. The normalized spacial score (nSPS) is 18.6. The van der Waals surface area contributed by atoms with Crippen LogP contribution in [-0.4, -0.2) is 83.6 Å². The second kappa shape index (κ2) is 11.1. The molecule has 0 spiro atoms. The summed E-state index contributed by atoms with van der Waals surface area (Å²) in [5.74, 6) is -0.151. The van der Waals surface area contributed by atoms with Gasteiger partial charge >= 0.3 is 0 Å². The van der Waals surface area contributed by atoms with Crippen molar-refractivity contribution in [3.63, 3.8) is 0 Å². The number of aromatic nitrogens is 2. The standard InChI is InChI=1S/C20H31N5O3/c26-19(23-17-4-2-1-3-5-17)6-9-25(11-10-24-12-14-28-15-13-24)20(27)18-16-21-7-8-22-18/h7-8,16-17H,1-6,9-15H2,(H,23,26). The minimum Gasteiger partial charge on any atom is -0.379 e. The fraction of sp³-hybridized carbons (Fsp3) is 0.700. The van der Waals surface area contributed by atoms with E-state index in [0.717, 1.165) is 45.7 Å². The van der Waals surface area contributed by atoms with E-state index in [1.165, 1.54) is 31.7 Å². The van der Waals surface area contributed by atoms with E-state index in [1.54, 1.807) is 11.1 Å². The summed E-state index contributed by atoms with van der Waals surface area (Å²) >= 11 is 0. The number of nitrogens with one attached hydrogen (secondary N) is 1. The molecule has 0 radical (unpaired) electrons. The smallest absolute Gasteiger partial charge is 0.274 e. The molecule has 1 aromatic rings. The van der Waals surface area contributed by atoms with E-state index in [2.05, 4.69) is 20.2 Å². The Labute approximate surface area is 166 Å². The maximum Gasteiger partial charge on any atom is 0.274 e. The third-order valence-electron chi connectivity index (χ3n) is 5.44. The Morgan fingerprint density at radius 1 is 1.14 bits per heavy atom. The highest BCUT2D eigenvalue weighted by atomic mass is 16.5. The molecule has 0 unspecified atom stereocenters. The Bertz CT molecular complexity index is 616. The molecule has 8 nitrogen and oxygen atoms in total. The summed E-state index contributed by atoms with van der Waals surface area (Å²) in [6.07, 6.45) is 10.6. The number of rotatable bonds is 8. The van der Waals surface area contributed by atoms with Gasteiger partial charge in [0.2, 0.25) is 5.91 Å². The fourth-order valence-corrected chi connectivity index (χ4v) is 3.76.